The predicted molar refractivity (Wildman–Crippen MR) is 166 cm³/mol. The molecule has 3 fully saturated rings. The molecule has 3 atom stereocenters. The van der Waals surface area contributed by atoms with Crippen molar-refractivity contribution in [3.8, 4) is 0 Å². The Labute approximate surface area is 261 Å². The highest BCUT2D eigenvalue weighted by Gasteiger charge is 2.72. The Bertz CT molecular complexity index is 1460. The molecule has 6 rings (SSSR count). The van der Waals surface area contributed by atoms with E-state index in [1.807, 2.05) is 6.07 Å². The summed E-state index contributed by atoms with van der Waals surface area (Å²) in [5.41, 5.74) is 0.307. The summed E-state index contributed by atoms with van der Waals surface area (Å²) in [5.74, 6) is -1.17. The Morgan fingerprint density at radius 1 is 0.953 bits per heavy atom. The van der Waals surface area contributed by atoms with E-state index in [-0.39, 0.29) is 40.1 Å². The van der Waals surface area contributed by atoms with Crippen molar-refractivity contribution in [1.29, 1.82) is 0 Å². The molecule has 4 aliphatic rings. The molecule has 230 valence electrons. The number of carboxylic acid groups (broad SMARTS) is 1. The molecule has 3 amide bonds. The lowest BCUT2D eigenvalue weighted by Crippen LogP contribution is -2.61. The third-order valence-corrected chi connectivity index (χ3v) is 10.8. The first-order valence-electron chi connectivity index (χ1n) is 15.0. The number of halogens is 2. The average Bonchev–Trinajstić information content (AvgIpc) is 3.39. The van der Waals surface area contributed by atoms with Gasteiger partial charge in [-0.2, -0.15) is 0 Å². The third kappa shape index (κ3) is 5.18. The molecule has 2 spiro atoms. The number of hydrogen-bond donors (Lipinski definition) is 6. The summed E-state index contributed by atoms with van der Waals surface area (Å²) in [4.78, 5) is 40.6. The zero-order valence-electron chi connectivity index (χ0n) is 24.3. The number of carbonyl (C=O) groups is 3. The molecular formula is C32H38Cl2N4O5. The van der Waals surface area contributed by atoms with Crippen molar-refractivity contribution in [1.82, 2.24) is 10.6 Å². The van der Waals surface area contributed by atoms with Gasteiger partial charge < -0.3 is 20.8 Å². The normalized spacial score (nSPS) is 30.6. The second-order valence-electron chi connectivity index (χ2n) is 13.5. The second-order valence-corrected chi connectivity index (χ2v) is 14.4. The Hall–Kier alpha value is -2.85. The smallest absolute Gasteiger partial charge is 0.409 e. The number of amides is 3. The van der Waals surface area contributed by atoms with E-state index in [2.05, 4.69) is 35.1 Å². The Morgan fingerprint density at radius 3 is 2.33 bits per heavy atom. The zero-order valence-corrected chi connectivity index (χ0v) is 25.8. The zero-order chi connectivity index (χ0) is 30.7. The number of anilines is 2. The maximum Gasteiger partial charge on any atom is 0.409 e. The summed E-state index contributed by atoms with van der Waals surface area (Å²) < 4.78 is 0. The topological polar surface area (TPSA) is 140 Å². The minimum absolute atomic E-state index is 0.0689. The summed E-state index contributed by atoms with van der Waals surface area (Å²) in [6.45, 7) is 4.45. The molecular weight excluding hydrogens is 591 g/mol. The van der Waals surface area contributed by atoms with Crippen LogP contribution in [0.4, 0.5) is 16.2 Å². The number of aliphatic hydroxyl groups is 1. The Morgan fingerprint density at radius 2 is 1.65 bits per heavy atom. The van der Waals surface area contributed by atoms with Crippen LogP contribution >= 0.6 is 23.2 Å². The van der Waals surface area contributed by atoms with Gasteiger partial charge in [0.2, 0.25) is 11.8 Å². The maximum absolute atomic E-state index is 14.6. The van der Waals surface area contributed by atoms with Crippen LogP contribution in [-0.4, -0.2) is 51.8 Å². The minimum Gasteiger partial charge on any atom is -0.465 e. The molecule has 6 N–H and O–H groups in total. The molecule has 0 radical (unpaired) electrons. The lowest BCUT2D eigenvalue weighted by Gasteiger charge is -2.50. The maximum atomic E-state index is 14.6. The van der Waals surface area contributed by atoms with Gasteiger partial charge in [-0.15, -0.1) is 0 Å². The summed E-state index contributed by atoms with van der Waals surface area (Å²) in [5, 5.41) is 32.8. The number of aliphatic hydroxyl groups excluding tert-OH is 1. The summed E-state index contributed by atoms with van der Waals surface area (Å²) in [7, 11) is 0. The molecule has 2 aliphatic carbocycles. The van der Waals surface area contributed by atoms with Crippen molar-refractivity contribution in [3.63, 3.8) is 0 Å². The van der Waals surface area contributed by atoms with Gasteiger partial charge in [-0.05, 0) is 98.2 Å². The van der Waals surface area contributed by atoms with Gasteiger partial charge in [0.25, 0.3) is 0 Å². The molecule has 2 heterocycles. The molecule has 2 saturated carbocycles. The van der Waals surface area contributed by atoms with Crippen molar-refractivity contribution in [2.75, 3.05) is 10.6 Å². The molecule has 2 aromatic rings. The van der Waals surface area contributed by atoms with E-state index in [4.69, 9.17) is 23.2 Å². The van der Waals surface area contributed by atoms with E-state index in [9.17, 15) is 24.6 Å². The first-order valence-corrected chi connectivity index (χ1v) is 15.8. The van der Waals surface area contributed by atoms with Crippen LogP contribution in [0, 0.1) is 5.41 Å². The summed E-state index contributed by atoms with van der Waals surface area (Å²) in [6.07, 6.45) is 3.97. The van der Waals surface area contributed by atoms with Crippen LogP contribution in [0.5, 0.6) is 0 Å². The van der Waals surface area contributed by atoms with Crippen molar-refractivity contribution in [3.05, 3.63) is 57.6 Å². The fourth-order valence-electron chi connectivity index (χ4n) is 8.18. The number of hydrogen-bond acceptors (Lipinski definition) is 5. The fraction of sp³-hybridized carbons (Fsp3) is 0.531. The molecule has 0 unspecified atom stereocenters. The predicted octanol–water partition coefficient (Wildman–Crippen LogP) is 5.79. The molecule has 0 aromatic heterocycles. The van der Waals surface area contributed by atoms with Gasteiger partial charge >= 0.3 is 6.09 Å². The quantitative estimate of drug-likeness (QED) is 0.253. The standard InChI is InChI=1S/C32H38Cl2N4O5/c1-30(2)9-11-31(12-10-30)32(23-8-3-18(33)16-24(23)37-28(32)41)25(17-13-19(34)15-21(14-17)36-29(42)43)26(38-31)27(40)35-20-4-6-22(39)7-5-20/h3,8,13-16,20,22,25-26,36,38-39H,4-7,9-12H2,1-2H3,(H,35,40)(H,37,41)(H,42,43)/t20?,22?,25-,26+,32+/m0/s1. The van der Waals surface area contributed by atoms with E-state index in [0.29, 0.717) is 54.8 Å². The van der Waals surface area contributed by atoms with Crippen LogP contribution in [0.1, 0.15) is 82.3 Å². The van der Waals surface area contributed by atoms with Gasteiger partial charge in [-0.3, -0.25) is 20.2 Å². The lowest BCUT2D eigenvalue weighted by molar-refractivity contribution is -0.125. The molecule has 1 saturated heterocycles. The van der Waals surface area contributed by atoms with E-state index in [1.165, 1.54) is 6.07 Å². The summed E-state index contributed by atoms with van der Waals surface area (Å²) in [6, 6.07) is 9.41. The number of carbonyl (C=O) groups excluding carboxylic acids is 2. The lowest BCUT2D eigenvalue weighted by atomic mass is 9.53. The molecule has 9 nitrogen and oxygen atoms in total. The number of benzene rings is 2. The van der Waals surface area contributed by atoms with E-state index in [1.54, 1.807) is 24.3 Å². The van der Waals surface area contributed by atoms with Crippen molar-refractivity contribution in [2.45, 2.75) is 100 Å². The molecule has 11 heteroatoms. The largest absolute Gasteiger partial charge is 0.465 e. The number of nitrogens with one attached hydrogen (secondary N) is 4. The highest BCUT2D eigenvalue weighted by Crippen LogP contribution is 2.64. The van der Waals surface area contributed by atoms with E-state index >= 15 is 0 Å². The fourth-order valence-corrected chi connectivity index (χ4v) is 8.60. The Kier molecular flexibility index (Phi) is 7.68. The first kappa shape index (κ1) is 30.2. The van der Waals surface area contributed by atoms with Gasteiger partial charge in [0.1, 0.15) is 5.41 Å². The van der Waals surface area contributed by atoms with Crippen LogP contribution in [0.25, 0.3) is 0 Å². The molecule has 2 aromatic carbocycles. The van der Waals surface area contributed by atoms with Gasteiger partial charge in [-0.1, -0.05) is 43.1 Å². The van der Waals surface area contributed by atoms with Gasteiger partial charge in [-0.25, -0.2) is 4.79 Å². The SMILES string of the molecule is CC1(C)CCC2(CC1)N[C@@H](C(=O)NC1CCC(O)CC1)[C@H](c1cc(Cl)cc(NC(=O)O)c1)[C@]21C(=O)Nc2cc(Cl)ccc21. The van der Waals surface area contributed by atoms with Crippen LogP contribution < -0.4 is 21.3 Å². The van der Waals surface area contributed by atoms with Crippen LogP contribution in [0.2, 0.25) is 10.0 Å². The first-order chi connectivity index (χ1) is 20.3. The summed E-state index contributed by atoms with van der Waals surface area (Å²) >= 11 is 13.0. The van der Waals surface area contributed by atoms with Crippen LogP contribution in [0.3, 0.4) is 0 Å². The average molecular weight is 630 g/mol. The molecule has 43 heavy (non-hydrogen) atoms. The minimum atomic E-state index is -1.24. The Balaban J connectivity index is 1.54. The third-order valence-electron chi connectivity index (χ3n) is 10.3. The van der Waals surface area contributed by atoms with Gasteiger partial charge in [0, 0.05) is 38.9 Å². The van der Waals surface area contributed by atoms with Crippen molar-refractivity contribution >= 4 is 52.5 Å². The molecule has 2 aliphatic heterocycles. The highest BCUT2D eigenvalue weighted by molar-refractivity contribution is 6.31. The monoisotopic (exact) mass is 628 g/mol. The van der Waals surface area contributed by atoms with Gasteiger partial charge in [0.05, 0.1) is 12.1 Å². The van der Waals surface area contributed by atoms with Crippen molar-refractivity contribution < 1.29 is 24.6 Å². The second kappa shape index (κ2) is 10.9. The van der Waals surface area contributed by atoms with E-state index < -0.39 is 29.0 Å². The molecule has 0 bridgehead atoms. The van der Waals surface area contributed by atoms with Crippen LogP contribution in [-0.2, 0) is 15.0 Å². The highest BCUT2D eigenvalue weighted by atomic mass is 35.5. The van der Waals surface area contributed by atoms with Gasteiger partial charge in [0.15, 0.2) is 0 Å². The van der Waals surface area contributed by atoms with Crippen LogP contribution in [0.15, 0.2) is 36.4 Å². The van der Waals surface area contributed by atoms with E-state index in [0.717, 1.165) is 18.4 Å². The number of fused-ring (bicyclic) bond motifs is 3. The van der Waals surface area contributed by atoms with Crippen molar-refractivity contribution in [2.24, 2.45) is 5.41 Å². The number of rotatable bonds is 4.